The average Bonchev–Trinajstić information content (AvgIpc) is 3.46. The number of β-amino-alcohol motifs (C(OH)–C–C–N with tert-alkyl or cyclic N) is 1. The van der Waals surface area contributed by atoms with Crippen molar-refractivity contribution < 1.29 is 19.4 Å². The van der Waals surface area contributed by atoms with Gasteiger partial charge in [-0.05, 0) is 62.8 Å². The number of amides is 3. The molecular formula is C23H30Cl2N4O4. The Labute approximate surface area is 203 Å². The standard InChI is InChI=1S/C23H30Cl2N4O4/c1-14-21(31)29-16(4-8-27-9-7-23(5-6-23)19(30)11-27)13-33-20(29)12-28(14)22(32)26-15-2-3-17(24)18(25)10-15/h2-3,10,14,16,19-20,30H,4-9,11-13H2,1H3,(H,26,32)/t14-,16-,19+,20-/m0/s1. The summed E-state index contributed by atoms with van der Waals surface area (Å²) in [6.07, 6.45) is 3.47. The first-order valence-corrected chi connectivity index (χ1v) is 12.4. The van der Waals surface area contributed by atoms with Crippen LogP contribution >= 0.6 is 23.2 Å². The smallest absolute Gasteiger partial charge is 0.322 e. The number of carbonyl (C=O) groups is 2. The molecule has 3 amide bonds. The lowest BCUT2D eigenvalue weighted by atomic mass is 9.90. The normalized spacial score (nSPS) is 31.1. The number of hydrogen-bond acceptors (Lipinski definition) is 5. The fraction of sp³-hybridized carbons (Fsp3) is 0.652. The molecule has 5 rings (SSSR count). The Morgan fingerprint density at radius 2 is 2.03 bits per heavy atom. The van der Waals surface area contributed by atoms with Gasteiger partial charge in [-0.2, -0.15) is 0 Å². The Bertz CT molecular complexity index is 943. The van der Waals surface area contributed by atoms with Crippen LogP contribution in [0.2, 0.25) is 10.0 Å². The average molecular weight is 497 g/mol. The molecule has 4 atom stereocenters. The van der Waals surface area contributed by atoms with Gasteiger partial charge in [0.25, 0.3) is 0 Å². The molecule has 33 heavy (non-hydrogen) atoms. The van der Waals surface area contributed by atoms with E-state index in [9.17, 15) is 14.7 Å². The molecule has 3 saturated heterocycles. The first kappa shape index (κ1) is 23.2. The van der Waals surface area contributed by atoms with Gasteiger partial charge in [0.1, 0.15) is 6.04 Å². The van der Waals surface area contributed by atoms with E-state index in [4.69, 9.17) is 27.9 Å². The van der Waals surface area contributed by atoms with E-state index < -0.39 is 12.3 Å². The fourth-order valence-electron chi connectivity index (χ4n) is 5.36. The Morgan fingerprint density at radius 3 is 2.73 bits per heavy atom. The van der Waals surface area contributed by atoms with Gasteiger partial charge in [0.15, 0.2) is 6.23 Å². The molecule has 180 valence electrons. The van der Waals surface area contributed by atoms with Crippen molar-refractivity contribution in [3.63, 3.8) is 0 Å². The molecule has 2 N–H and O–H groups in total. The molecule has 3 aliphatic heterocycles. The Hall–Kier alpha value is -1.58. The quantitative estimate of drug-likeness (QED) is 0.668. The minimum absolute atomic E-state index is 0.0146. The molecule has 10 heteroatoms. The number of aliphatic hydroxyl groups is 1. The lowest BCUT2D eigenvalue weighted by Gasteiger charge is -2.42. The van der Waals surface area contributed by atoms with Gasteiger partial charge in [0.05, 0.1) is 35.3 Å². The number of fused-ring (bicyclic) bond motifs is 1. The van der Waals surface area contributed by atoms with Crippen LogP contribution < -0.4 is 5.32 Å². The van der Waals surface area contributed by atoms with Crippen molar-refractivity contribution in [1.82, 2.24) is 14.7 Å². The zero-order valence-electron chi connectivity index (χ0n) is 18.7. The molecule has 0 radical (unpaired) electrons. The van der Waals surface area contributed by atoms with Crippen LogP contribution in [0.5, 0.6) is 0 Å². The first-order valence-electron chi connectivity index (χ1n) is 11.6. The van der Waals surface area contributed by atoms with Gasteiger partial charge in [0, 0.05) is 18.8 Å². The summed E-state index contributed by atoms with van der Waals surface area (Å²) < 4.78 is 5.93. The van der Waals surface area contributed by atoms with Crippen LogP contribution in [0, 0.1) is 5.41 Å². The third-order valence-electron chi connectivity index (χ3n) is 7.78. The minimum atomic E-state index is -0.597. The summed E-state index contributed by atoms with van der Waals surface area (Å²) in [6, 6.07) is 3.87. The lowest BCUT2D eigenvalue weighted by Crippen LogP contribution is -2.63. The third kappa shape index (κ3) is 4.44. The van der Waals surface area contributed by atoms with E-state index in [1.165, 1.54) is 4.90 Å². The van der Waals surface area contributed by atoms with Gasteiger partial charge in [-0.25, -0.2) is 4.79 Å². The van der Waals surface area contributed by atoms with Gasteiger partial charge >= 0.3 is 6.03 Å². The summed E-state index contributed by atoms with van der Waals surface area (Å²) in [5.74, 6) is -0.103. The number of piperidine rings is 1. The second-order valence-electron chi connectivity index (χ2n) is 9.79. The Kier molecular flexibility index (Phi) is 6.24. The van der Waals surface area contributed by atoms with E-state index in [1.54, 1.807) is 25.1 Å². The molecule has 0 unspecified atom stereocenters. The van der Waals surface area contributed by atoms with Crippen LogP contribution in [-0.2, 0) is 9.53 Å². The molecule has 4 fully saturated rings. The van der Waals surface area contributed by atoms with Crippen LogP contribution in [0.1, 0.15) is 32.6 Å². The fourth-order valence-corrected chi connectivity index (χ4v) is 5.66. The summed E-state index contributed by atoms with van der Waals surface area (Å²) in [5.41, 5.74) is 0.705. The van der Waals surface area contributed by atoms with E-state index in [2.05, 4.69) is 10.2 Å². The van der Waals surface area contributed by atoms with Crippen LogP contribution in [0.3, 0.4) is 0 Å². The van der Waals surface area contributed by atoms with Crippen molar-refractivity contribution in [1.29, 1.82) is 0 Å². The maximum absolute atomic E-state index is 13.2. The Morgan fingerprint density at radius 1 is 1.24 bits per heavy atom. The highest BCUT2D eigenvalue weighted by Gasteiger charge is 2.51. The van der Waals surface area contributed by atoms with Gasteiger partial charge in [-0.3, -0.25) is 4.79 Å². The van der Waals surface area contributed by atoms with Gasteiger partial charge < -0.3 is 29.9 Å². The molecule has 0 aromatic heterocycles. The number of likely N-dealkylation sites (tertiary alicyclic amines) is 1. The summed E-state index contributed by atoms with van der Waals surface area (Å²) in [4.78, 5) is 31.7. The molecule has 1 aliphatic carbocycles. The van der Waals surface area contributed by atoms with E-state index in [1.807, 2.05) is 4.90 Å². The number of piperazine rings is 1. The molecule has 8 nitrogen and oxygen atoms in total. The molecular weight excluding hydrogens is 467 g/mol. The van der Waals surface area contributed by atoms with Crippen molar-refractivity contribution in [2.75, 3.05) is 38.1 Å². The van der Waals surface area contributed by atoms with E-state index in [0.29, 0.717) is 35.4 Å². The van der Waals surface area contributed by atoms with E-state index in [-0.39, 0.29) is 29.5 Å². The summed E-state index contributed by atoms with van der Waals surface area (Å²) in [6.45, 7) is 5.06. The molecule has 0 bridgehead atoms. The minimum Gasteiger partial charge on any atom is -0.391 e. The summed E-state index contributed by atoms with van der Waals surface area (Å²) in [5, 5.41) is 14.0. The van der Waals surface area contributed by atoms with Crippen LogP contribution in [0.4, 0.5) is 10.5 Å². The van der Waals surface area contributed by atoms with E-state index >= 15 is 0 Å². The number of ether oxygens (including phenoxy) is 1. The lowest BCUT2D eigenvalue weighted by molar-refractivity contribution is -0.150. The number of nitrogens with one attached hydrogen (secondary N) is 1. The monoisotopic (exact) mass is 496 g/mol. The zero-order chi connectivity index (χ0) is 23.3. The first-order chi connectivity index (χ1) is 15.8. The molecule has 1 aromatic rings. The van der Waals surface area contributed by atoms with Crippen molar-refractivity contribution in [3.8, 4) is 0 Å². The second kappa shape index (κ2) is 8.89. The maximum atomic E-state index is 13.2. The number of urea groups is 1. The molecule has 1 spiro atoms. The number of aliphatic hydroxyl groups excluding tert-OH is 1. The van der Waals surface area contributed by atoms with Crippen LogP contribution in [-0.4, -0.2) is 88.9 Å². The van der Waals surface area contributed by atoms with Crippen LogP contribution in [0.15, 0.2) is 18.2 Å². The third-order valence-corrected chi connectivity index (χ3v) is 8.52. The van der Waals surface area contributed by atoms with Crippen molar-refractivity contribution in [3.05, 3.63) is 28.2 Å². The van der Waals surface area contributed by atoms with Crippen LogP contribution in [0.25, 0.3) is 0 Å². The highest BCUT2D eigenvalue weighted by atomic mass is 35.5. The van der Waals surface area contributed by atoms with Gasteiger partial charge in [-0.1, -0.05) is 23.2 Å². The molecule has 3 heterocycles. The van der Waals surface area contributed by atoms with Gasteiger partial charge in [0.2, 0.25) is 5.91 Å². The second-order valence-corrected chi connectivity index (χ2v) is 10.6. The highest BCUT2D eigenvalue weighted by molar-refractivity contribution is 6.42. The topological polar surface area (TPSA) is 85.4 Å². The number of benzene rings is 1. The number of rotatable bonds is 4. The van der Waals surface area contributed by atoms with Crippen molar-refractivity contribution in [2.45, 2.75) is 57.0 Å². The number of carbonyl (C=O) groups excluding carboxylic acids is 2. The highest BCUT2D eigenvalue weighted by Crippen LogP contribution is 2.53. The molecule has 1 aromatic carbocycles. The predicted molar refractivity (Wildman–Crippen MR) is 125 cm³/mol. The number of anilines is 1. The number of halogens is 2. The number of hydrogen-bond donors (Lipinski definition) is 2. The number of nitrogens with zero attached hydrogens (tertiary/aromatic N) is 3. The van der Waals surface area contributed by atoms with E-state index in [0.717, 1.165) is 38.8 Å². The maximum Gasteiger partial charge on any atom is 0.322 e. The van der Waals surface area contributed by atoms with Crippen molar-refractivity contribution in [2.24, 2.45) is 5.41 Å². The molecule has 1 saturated carbocycles. The zero-order valence-corrected chi connectivity index (χ0v) is 20.2. The van der Waals surface area contributed by atoms with Crippen molar-refractivity contribution >= 4 is 40.8 Å². The largest absolute Gasteiger partial charge is 0.391 e. The summed E-state index contributed by atoms with van der Waals surface area (Å²) in [7, 11) is 0. The Balaban J connectivity index is 1.17. The predicted octanol–water partition coefficient (Wildman–Crippen LogP) is 3.02. The molecule has 4 aliphatic rings. The SMILES string of the molecule is C[C@H]1C(=O)N2[C@@H](CCN3CCC4(CC4)[C@H](O)C3)CO[C@H]2CN1C(=O)Nc1ccc(Cl)c(Cl)c1. The summed E-state index contributed by atoms with van der Waals surface area (Å²) >= 11 is 12.0. The van der Waals surface area contributed by atoms with Gasteiger partial charge in [-0.15, -0.1) is 0 Å².